The molecule has 1 atom stereocenters. The lowest BCUT2D eigenvalue weighted by atomic mass is 10.0. The number of hydrogen-bond acceptors (Lipinski definition) is 4. The van der Waals surface area contributed by atoms with Crippen molar-refractivity contribution < 1.29 is 45.4 Å². The highest BCUT2D eigenvalue weighted by Gasteiger charge is 2.45. The van der Waals surface area contributed by atoms with Gasteiger partial charge in [-0.2, -0.15) is 26.3 Å². The van der Waals surface area contributed by atoms with Gasteiger partial charge in [0, 0.05) is 11.3 Å². The first-order valence-corrected chi connectivity index (χ1v) is 8.46. The van der Waals surface area contributed by atoms with E-state index in [1.807, 2.05) is 0 Å². The number of hydrogen-bond donors (Lipinski definition) is 0. The van der Waals surface area contributed by atoms with E-state index >= 15 is 0 Å². The summed E-state index contributed by atoms with van der Waals surface area (Å²) in [6, 6.07) is 7.53. The van der Waals surface area contributed by atoms with Crippen molar-refractivity contribution in [2.45, 2.75) is 18.5 Å². The minimum atomic E-state index is -5.16. The van der Waals surface area contributed by atoms with Gasteiger partial charge < -0.3 is 9.47 Å². The second-order valence-corrected chi connectivity index (χ2v) is 6.27. The Morgan fingerprint density at radius 3 is 2.33 bits per heavy atom. The molecule has 11 heteroatoms. The van der Waals surface area contributed by atoms with E-state index in [2.05, 4.69) is 4.74 Å². The first kappa shape index (κ1) is 21.5. The Balaban J connectivity index is 1.88. The van der Waals surface area contributed by atoms with Crippen LogP contribution in [0.3, 0.4) is 0 Å². The maximum absolute atomic E-state index is 13.5. The van der Waals surface area contributed by atoms with Crippen molar-refractivity contribution in [1.82, 2.24) is 0 Å². The summed E-state index contributed by atoms with van der Waals surface area (Å²) in [4.78, 5) is 25.1. The number of carbonyl (C=O) groups is 2. The number of ether oxygens (including phenoxy) is 2. The predicted molar refractivity (Wildman–Crippen MR) is 90.8 cm³/mol. The van der Waals surface area contributed by atoms with Crippen LogP contribution in [0, 0.1) is 0 Å². The number of carbonyl (C=O) groups excluding carboxylic acids is 2. The summed E-state index contributed by atoms with van der Waals surface area (Å²) in [5.41, 5.74) is -2.28. The van der Waals surface area contributed by atoms with Crippen LogP contribution in [0.1, 0.15) is 27.6 Å². The molecule has 2 aromatic carbocycles. The summed E-state index contributed by atoms with van der Waals surface area (Å²) < 4.78 is 88.2. The molecule has 0 unspecified atom stereocenters. The highest BCUT2D eigenvalue weighted by Crippen LogP contribution is 2.39. The largest absolute Gasteiger partial charge is 0.447 e. The number of amides is 1. The van der Waals surface area contributed by atoms with Crippen molar-refractivity contribution in [3.8, 4) is 0 Å². The third-order valence-corrected chi connectivity index (χ3v) is 4.19. The molecule has 0 spiro atoms. The Hall–Kier alpha value is -3.24. The SMILES string of the molecule is O=C(O[C@@H](c1cccc(C(F)(F)F)c1)C(F)(F)F)c1cccc(N2CCOC2=O)c1. The van der Waals surface area contributed by atoms with Gasteiger partial charge in [-0.15, -0.1) is 0 Å². The predicted octanol–water partition coefficient (Wildman–Crippen LogP) is 5.12. The summed E-state index contributed by atoms with van der Waals surface area (Å²) in [5.74, 6) is -1.41. The molecule has 0 saturated carbocycles. The van der Waals surface area contributed by atoms with Gasteiger partial charge >= 0.3 is 24.4 Å². The molecule has 1 fully saturated rings. The zero-order valence-corrected chi connectivity index (χ0v) is 15.0. The number of cyclic esters (lactones) is 1. The number of alkyl halides is 6. The Morgan fingerprint density at radius 1 is 1.03 bits per heavy atom. The molecule has 5 nitrogen and oxygen atoms in total. The smallest absolute Gasteiger partial charge is 0.429 e. The van der Waals surface area contributed by atoms with Gasteiger partial charge in [-0.05, 0) is 30.3 Å². The Labute approximate surface area is 165 Å². The van der Waals surface area contributed by atoms with Crippen LogP contribution in [-0.4, -0.2) is 31.4 Å². The molecule has 30 heavy (non-hydrogen) atoms. The number of benzene rings is 2. The fraction of sp³-hybridized carbons (Fsp3) is 0.263. The van der Waals surface area contributed by atoms with Crippen LogP contribution in [-0.2, 0) is 15.7 Å². The van der Waals surface area contributed by atoms with Crippen molar-refractivity contribution >= 4 is 17.7 Å². The number of nitrogens with zero attached hydrogens (tertiary/aromatic N) is 1. The minimum Gasteiger partial charge on any atom is -0.447 e. The lowest BCUT2D eigenvalue weighted by molar-refractivity contribution is -0.207. The van der Waals surface area contributed by atoms with Gasteiger partial charge in [-0.25, -0.2) is 9.59 Å². The van der Waals surface area contributed by atoms with E-state index in [4.69, 9.17) is 4.74 Å². The molecule has 0 bridgehead atoms. The quantitative estimate of drug-likeness (QED) is 0.496. The first-order valence-electron chi connectivity index (χ1n) is 8.46. The average Bonchev–Trinajstić information content (AvgIpc) is 3.10. The van der Waals surface area contributed by atoms with Crippen LogP contribution < -0.4 is 4.90 Å². The molecule has 0 aliphatic carbocycles. The average molecular weight is 433 g/mol. The molecular formula is C19H13F6NO4. The topological polar surface area (TPSA) is 55.8 Å². The van der Waals surface area contributed by atoms with Gasteiger partial charge in [0.25, 0.3) is 0 Å². The monoisotopic (exact) mass is 433 g/mol. The summed E-state index contributed by atoms with van der Waals surface area (Å²) in [5, 5.41) is 0. The number of halogens is 6. The van der Waals surface area contributed by atoms with Gasteiger partial charge in [-0.3, -0.25) is 4.90 Å². The molecule has 3 rings (SSSR count). The number of anilines is 1. The first-order chi connectivity index (χ1) is 14.0. The summed E-state index contributed by atoms with van der Waals surface area (Å²) in [7, 11) is 0. The second-order valence-electron chi connectivity index (χ2n) is 6.27. The Bertz CT molecular complexity index is 957. The zero-order chi connectivity index (χ0) is 22.1. The molecule has 0 N–H and O–H groups in total. The highest BCUT2D eigenvalue weighted by molar-refractivity contribution is 5.94. The van der Waals surface area contributed by atoms with Crippen LogP contribution in [0.4, 0.5) is 36.8 Å². The standard InChI is InChI=1S/C19H13F6NO4/c20-18(21,22)13-5-1-3-11(9-13)15(19(23,24)25)30-16(27)12-4-2-6-14(10-12)26-7-8-29-17(26)28/h1-6,9-10,15H,7-8H2/t15-/m0/s1. The minimum absolute atomic E-state index is 0.110. The highest BCUT2D eigenvalue weighted by atomic mass is 19.4. The lowest BCUT2D eigenvalue weighted by Gasteiger charge is -2.22. The zero-order valence-electron chi connectivity index (χ0n) is 15.0. The fourth-order valence-electron chi connectivity index (χ4n) is 2.81. The van der Waals surface area contributed by atoms with Gasteiger partial charge in [-0.1, -0.05) is 18.2 Å². The van der Waals surface area contributed by atoms with Gasteiger partial charge in [0.15, 0.2) is 0 Å². The summed E-state index contributed by atoms with van der Waals surface area (Å²) in [6.45, 7) is 0.298. The van der Waals surface area contributed by atoms with Gasteiger partial charge in [0.05, 0.1) is 17.7 Å². The van der Waals surface area contributed by atoms with Crippen molar-refractivity contribution in [3.63, 3.8) is 0 Å². The van der Waals surface area contributed by atoms with Crippen LogP contribution in [0.15, 0.2) is 48.5 Å². The maximum atomic E-state index is 13.5. The lowest BCUT2D eigenvalue weighted by Crippen LogP contribution is -2.27. The van der Waals surface area contributed by atoms with E-state index in [0.29, 0.717) is 6.07 Å². The molecule has 160 valence electrons. The van der Waals surface area contributed by atoms with E-state index in [1.54, 1.807) is 0 Å². The second kappa shape index (κ2) is 7.88. The maximum Gasteiger partial charge on any atom is 0.429 e. The van der Waals surface area contributed by atoms with E-state index in [1.165, 1.54) is 17.0 Å². The van der Waals surface area contributed by atoms with E-state index < -0.39 is 41.6 Å². The van der Waals surface area contributed by atoms with Gasteiger partial charge in [0.2, 0.25) is 6.10 Å². The van der Waals surface area contributed by atoms with E-state index in [9.17, 15) is 35.9 Å². The van der Waals surface area contributed by atoms with Crippen LogP contribution in [0.5, 0.6) is 0 Å². The molecule has 2 aromatic rings. The van der Waals surface area contributed by atoms with E-state index in [-0.39, 0.29) is 30.5 Å². The van der Waals surface area contributed by atoms with E-state index in [0.717, 1.165) is 24.3 Å². The van der Waals surface area contributed by atoms with Crippen LogP contribution in [0.25, 0.3) is 0 Å². The van der Waals surface area contributed by atoms with Crippen LogP contribution >= 0.6 is 0 Å². The van der Waals surface area contributed by atoms with Crippen molar-refractivity contribution in [2.75, 3.05) is 18.1 Å². The normalized spacial score (nSPS) is 15.7. The third-order valence-electron chi connectivity index (χ3n) is 4.19. The summed E-state index contributed by atoms with van der Waals surface area (Å²) in [6.07, 6.45) is -13.6. The molecule has 1 amide bonds. The van der Waals surface area contributed by atoms with Crippen molar-refractivity contribution in [1.29, 1.82) is 0 Å². The van der Waals surface area contributed by atoms with Crippen molar-refractivity contribution in [2.24, 2.45) is 0 Å². The Kier molecular flexibility index (Phi) is 5.64. The summed E-state index contributed by atoms with van der Waals surface area (Å²) >= 11 is 0. The molecular weight excluding hydrogens is 420 g/mol. The molecule has 1 aliphatic rings. The molecule has 0 aromatic heterocycles. The number of esters is 1. The van der Waals surface area contributed by atoms with Gasteiger partial charge in [0.1, 0.15) is 6.61 Å². The Morgan fingerprint density at radius 2 is 1.73 bits per heavy atom. The van der Waals surface area contributed by atoms with Crippen molar-refractivity contribution in [3.05, 3.63) is 65.2 Å². The third kappa shape index (κ3) is 4.66. The molecule has 0 radical (unpaired) electrons. The fourth-order valence-corrected chi connectivity index (χ4v) is 2.81. The molecule has 1 heterocycles. The molecule has 1 aliphatic heterocycles. The van der Waals surface area contributed by atoms with Crippen LogP contribution in [0.2, 0.25) is 0 Å². The molecule has 1 saturated heterocycles. The number of rotatable bonds is 4.